The molecule has 4 aromatic heterocycles. The molecule has 0 radical (unpaired) electrons. The minimum Gasteiger partial charge on any atom is -0.443 e. The van der Waals surface area contributed by atoms with E-state index < -0.39 is 17.5 Å². The van der Waals surface area contributed by atoms with Gasteiger partial charge in [0.05, 0.1) is 36.5 Å². The average molecular weight is 533 g/mol. The van der Waals surface area contributed by atoms with Crippen molar-refractivity contribution in [2.45, 2.75) is 72.2 Å². The number of hydrogen-bond donors (Lipinski definition) is 0. The lowest BCUT2D eigenvalue weighted by molar-refractivity contribution is -0.137. The molecule has 0 N–H and O–H groups in total. The highest BCUT2D eigenvalue weighted by atomic mass is 16.7. The number of aryl methyl sites for hydroxylation is 1. The summed E-state index contributed by atoms with van der Waals surface area (Å²) in [6, 6.07) is 3.96. The summed E-state index contributed by atoms with van der Waals surface area (Å²) in [6.45, 7) is 16.6. The van der Waals surface area contributed by atoms with E-state index in [-0.39, 0.29) is 5.92 Å². The summed E-state index contributed by atoms with van der Waals surface area (Å²) < 4.78 is 21.3. The highest BCUT2D eigenvalue weighted by molar-refractivity contribution is 5.99. The number of hydrogen-bond acceptors (Lipinski definition) is 8. The first-order chi connectivity index (χ1) is 18.5. The Labute approximate surface area is 227 Å². The second kappa shape index (κ2) is 9.02. The van der Waals surface area contributed by atoms with Crippen LogP contribution in [0.2, 0.25) is 0 Å². The molecule has 0 aromatic carbocycles. The molecular formula is C29H36N6O4. The fraction of sp³-hybridized carbons (Fsp3) is 0.517. The lowest BCUT2D eigenvalue weighted by Crippen LogP contribution is -2.34. The third kappa shape index (κ3) is 4.26. The Morgan fingerprint density at radius 2 is 1.87 bits per heavy atom. The van der Waals surface area contributed by atoms with Gasteiger partial charge in [0.1, 0.15) is 17.7 Å². The van der Waals surface area contributed by atoms with E-state index in [0.29, 0.717) is 25.3 Å². The summed E-state index contributed by atoms with van der Waals surface area (Å²) in [5, 5.41) is 4.40. The van der Waals surface area contributed by atoms with Gasteiger partial charge >= 0.3 is 6.09 Å². The summed E-state index contributed by atoms with van der Waals surface area (Å²) in [5.41, 5.74) is 6.32. The van der Waals surface area contributed by atoms with E-state index in [1.165, 1.54) is 0 Å². The van der Waals surface area contributed by atoms with E-state index in [1.807, 2.05) is 46.0 Å². The molecule has 6 rings (SSSR count). The van der Waals surface area contributed by atoms with Gasteiger partial charge in [-0.1, -0.05) is 13.8 Å². The largest absolute Gasteiger partial charge is 0.443 e. The molecule has 2 saturated heterocycles. The Hall–Kier alpha value is -3.50. The fourth-order valence-corrected chi connectivity index (χ4v) is 5.78. The van der Waals surface area contributed by atoms with Gasteiger partial charge in [-0.3, -0.25) is 0 Å². The number of rotatable bonds is 3. The first kappa shape index (κ1) is 25.8. The molecule has 0 unspecified atom stereocenters. The molecule has 0 saturated carbocycles. The molecule has 2 aliphatic heterocycles. The molecule has 0 bridgehead atoms. The van der Waals surface area contributed by atoms with Gasteiger partial charge < -0.3 is 19.1 Å². The molecular weight excluding hydrogens is 496 g/mol. The molecule has 10 nitrogen and oxygen atoms in total. The highest BCUT2D eigenvalue weighted by Crippen LogP contribution is 2.41. The first-order valence-corrected chi connectivity index (χ1v) is 13.6. The Morgan fingerprint density at radius 3 is 2.56 bits per heavy atom. The normalized spacial score (nSPS) is 17.4. The smallest absolute Gasteiger partial charge is 0.419 e. The van der Waals surface area contributed by atoms with Crippen LogP contribution in [0, 0.1) is 13.8 Å². The number of carbonyl (C=O) groups is 1. The third-order valence-electron chi connectivity index (χ3n) is 7.70. The fourth-order valence-electron chi connectivity index (χ4n) is 5.78. The van der Waals surface area contributed by atoms with E-state index in [9.17, 15) is 4.79 Å². The van der Waals surface area contributed by atoms with Crippen molar-refractivity contribution < 1.29 is 19.0 Å². The zero-order valence-electron chi connectivity index (χ0n) is 23.7. The lowest BCUT2D eigenvalue weighted by Gasteiger charge is -2.23. The van der Waals surface area contributed by atoms with Crippen LogP contribution < -0.4 is 4.90 Å². The molecule has 206 valence electrons. The van der Waals surface area contributed by atoms with E-state index >= 15 is 0 Å². The zero-order valence-corrected chi connectivity index (χ0v) is 23.7. The van der Waals surface area contributed by atoms with Crippen molar-refractivity contribution in [1.82, 2.24) is 24.1 Å². The van der Waals surface area contributed by atoms with Crippen LogP contribution in [0.1, 0.15) is 63.6 Å². The number of ether oxygens (including phenoxy) is 3. The molecule has 0 atom stereocenters. The number of nitrogens with zero attached hydrogens (tertiary/aromatic N) is 6. The Balaban J connectivity index is 1.59. The summed E-state index contributed by atoms with van der Waals surface area (Å²) in [6.07, 6.45) is 3.86. The summed E-state index contributed by atoms with van der Waals surface area (Å²) in [4.78, 5) is 25.7. The van der Waals surface area contributed by atoms with Gasteiger partial charge in [-0.25, -0.2) is 23.8 Å². The maximum Gasteiger partial charge on any atom is 0.419 e. The van der Waals surface area contributed by atoms with E-state index in [0.717, 1.165) is 57.9 Å². The van der Waals surface area contributed by atoms with E-state index in [2.05, 4.69) is 35.8 Å². The van der Waals surface area contributed by atoms with Crippen LogP contribution in [-0.2, 0) is 14.2 Å². The van der Waals surface area contributed by atoms with Gasteiger partial charge in [-0.05, 0) is 63.8 Å². The van der Waals surface area contributed by atoms with Crippen molar-refractivity contribution in [3.8, 4) is 11.3 Å². The molecule has 0 amide bonds. The van der Waals surface area contributed by atoms with Gasteiger partial charge in [0.25, 0.3) is 0 Å². The van der Waals surface area contributed by atoms with Crippen LogP contribution in [0.25, 0.3) is 27.9 Å². The molecule has 2 fully saturated rings. The standard InChI is InChI=1S/C29H36N6O4/c1-17(2)23-24-21(8-9-22(32-24)33-11-10-29(15-33)37-12-13-38-29)35(27(36)39-28(5,6)7)25(23)20-14-34-26(30-16-31-34)19(4)18(20)3/h8-9,14,16-17H,10-13,15H2,1-7H3. The Bertz CT molecular complexity index is 1590. The second-order valence-corrected chi connectivity index (χ2v) is 11.9. The van der Waals surface area contributed by atoms with Crippen LogP contribution in [0.5, 0.6) is 0 Å². The first-order valence-electron chi connectivity index (χ1n) is 13.6. The van der Waals surface area contributed by atoms with Crippen LogP contribution in [-0.4, -0.2) is 67.9 Å². The topological polar surface area (TPSA) is 96.0 Å². The molecule has 10 heteroatoms. The van der Waals surface area contributed by atoms with Gasteiger partial charge in [-0.15, -0.1) is 0 Å². The Morgan fingerprint density at radius 1 is 1.13 bits per heavy atom. The lowest BCUT2D eigenvalue weighted by atomic mass is 9.95. The second-order valence-electron chi connectivity index (χ2n) is 11.9. The molecule has 6 heterocycles. The molecule has 4 aromatic rings. The number of aromatic nitrogens is 5. The van der Waals surface area contributed by atoms with Crippen molar-refractivity contribution in [2.24, 2.45) is 0 Å². The van der Waals surface area contributed by atoms with E-state index in [4.69, 9.17) is 19.2 Å². The minimum atomic E-state index is -0.664. The predicted octanol–water partition coefficient (Wildman–Crippen LogP) is 5.22. The summed E-state index contributed by atoms with van der Waals surface area (Å²) >= 11 is 0. The number of anilines is 1. The SMILES string of the molecule is Cc1c(-c2c(C(C)C)c3nc(N4CCC5(C4)OCCO5)ccc3n2C(=O)OC(C)(C)C)cn2ncnc2c1C. The van der Waals surface area contributed by atoms with Gasteiger partial charge in [0.2, 0.25) is 0 Å². The number of fused-ring (bicyclic) bond motifs is 2. The minimum absolute atomic E-state index is 0.0755. The quantitative estimate of drug-likeness (QED) is 0.354. The molecule has 2 aliphatic rings. The molecule has 0 aliphatic carbocycles. The average Bonchev–Trinajstić information content (AvgIpc) is 3.66. The van der Waals surface area contributed by atoms with Crippen molar-refractivity contribution in [3.63, 3.8) is 0 Å². The predicted molar refractivity (Wildman–Crippen MR) is 148 cm³/mol. The van der Waals surface area contributed by atoms with Crippen molar-refractivity contribution in [3.05, 3.63) is 41.3 Å². The van der Waals surface area contributed by atoms with Crippen LogP contribution >= 0.6 is 0 Å². The summed E-state index contributed by atoms with van der Waals surface area (Å²) in [5.74, 6) is 0.367. The van der Waals surface area contributed by atoms with Crippen LogP contribution in [0.3, 0.4) is 0 Å². The van der Waals surface area contributed by atoms with Gasteiger partial charge in [-0.2, -0.15) is 5.10 Å². The number of pyridine rings is 2. The van der Waals surface area contributed by atoms with Crippen molar-refractivity contribution >= 4 is 28.6 Å². The highest BCUT2D eigenvalue weighted by Gasteiger charge is 2.44. The van der Waals surface area contributed by atoms with Crippen LogP contribution in [0.15, 0.2) is 24.7 Å². The molecule has 1 spiro atoms. The van der Waals surface area contributed by atoms with Gasteiger partial charge in [0.15, 0.2) is 11.4 Å². The maximum absolute atomic E-state index is 13.9. The van der Waals surface area contributed by atoms with Crippen LogP contribution in [0.4, 0.5) is 10.6 Å². The Kier molecular flexibility index (Phi) is 5.96. The maximum atomic E-state index is 13.9. The van der Waals surface area contributed by atoms with Gasteiger partial charge in [0, 0.05) is 30.3 Å². The molecule has 39 heavy (non-hydrogen) atoms. The number of carbonyl (C=O) groups excluding carboxylic acids is 1. The van der Waals surface area contributed by atoms with Crippen molar-refractivity contribution in [1.29, 1.82) is 0 Å². The third-order valence-corrected chi connectivity index (χ3v) is 7.70. The zero-order chi connectivity index (χ0) is 27.7. The monoisotopic (exact) mass is 532 g/mol. The van der Waals surface area contributed by atoms with E-state index in [1.54, 1.807) is 15.4 Å². The van der Waals surface area contributed by atoms with Crippen molar-refractivity contribution in [2.75, 3.05) is 31.2 Å². The summed E-state index contributed by atoms with van der Waals surface area (Å²) in [7, 11) is 0.